The molecule has 7 nitrogen and oxygen atoms in total. The number of hydrogen-bond donors (Lipinski definition) is 1. The molecule has 0 atom stereocenters. The van der Waals surface area contributed by atoms with Crippen molar-refractivity contribution >= 4 is 23.4 Å². The summed E-state index contributed by atoms with van der Waals surface area (Å²) in [5.41, 5.74) is 2.69. The average molecular weight is 399 g/mol. The van der Waals surface area contributed by atoms with E-state index in [4.69, 9.17) is 10.00 Å². The number of anilines is 1. The van der Waals surface area contributed by atoms with Crippen LogP contribution in [0.15, 0.2) is 72.8 Å². The molecule has 0 saturated heterocycles. The molecule has 0 spiro atoms. The van der Waals surface area contributed by atoms with E-state index in [-0.39, 0.29) is 11.6 Å². The predicted octanol–water partition coefficient (Wildman–Crippen LogP) is 5.22. The Morgan fingerprint density at radius 1 is 1.07 bits per heavy atom. The van der Waals surface area contributed by atoms with E-state index in [1.54, 1.807) is 60.7 Å². The van der Waals surface area contributed by atoms with Crippen LogP contribution in [0.2, 0.25) is 0 Å². The van der Waals surface area contributed by atoms with Gasteiger partial charge in [-0.15, -0.1) is 0 Å². The smallest absolute Gasteiger partial charge is 0.269 e. The van der Waals surface area contributed by atoms with Gasteiger partial charge in [0.05, 0.1) is 16.6 Å². The minimum Gasteiger partial charge on any atom is -0.457 e. The summed E-state index contributed by atoms with van der Waals surface area (Å²) in [6.07, 6.45) is 2.94. The fourth-order valence-electron chi connectivity index (χ4n) is 2.63. The summed E-state index contributed by atoms with van der Waals surface area (Å²) in [6.45, 7) is 1.85. The number of nitrogens with zero attached hydrogens (tertiary/aromatic N) is 2. The molecule has 0 aliphatic carbocycles. The number of nitriles is 1. The van der Waals surface area contributed by atoms with Crippen LogP contribution in [0.4, 0.5) is 11.4 Å². The lowest BCUT2D eigenvalue weighted by Gasteiger charge is -2.10. The number of rotatable bonds is 6. The highest BCUT2D eigenvalue weighted by Gasteiger charge is 2.06. The number of ether oxygens (including phenoxy) is 1. The highest BCUT2D eigenvalue weighted by molar-refractivity contribution is 6.02. The van der Waals surface area contributed by atoms with Gasteiger partial charge >= 0.3 is 0 Å². The van der Waals surface area contributed by atoms with Crippen molar-refractivity contribution in [3.05, 3.63) is 99.6 Å². The Morgan fingerprint density at radius 3 is 2.33 bits per heavy atom. The highest BCUT2D eigenvalue weighted by atomic mass is 16.6. The number of non-ortho nitro benzene ring substituents is 1. The minimum absolute atomic E-state index is 0.00413. The zero-order valence-electron chi connectivity index (χ0n) is 16.0. The lowest BCUT2D eigenvalue weighted by Crippen LogP contribution is -2.08. The van der Waals surface area contributed by atoms with Crippen molar-refractivity contribution in [1.29, 1.82) is 5.26 Å². The van der Waals surface area contributed by atoms with Gasteiger partial charge in [-0.25, -0.2) is 0 Å². The van der Waals surface area contributed by atoms with Gasteiger partial charge in [-0.1, -0.05) is 0 Å². The number of benzene rings is 3. The lowest BCUT2D eigenvalue weighted by molar-refractivity contribution is -0.384. The average Bonchev–Trinajstić information content (AvgIpc) is 2.75. The molecule has 0 fully saturated rings. The first-order valence-corrected chi connectivity index (χ1v) is 8.97. The molecular formula is C23H17N3O4. The van der Waals surface area contributed by atoms with E-state index in [9.17, 15) is 14.9 Å². The van der Waals surface area contributed by atoms with Crippen LogP contribution >= 0.6 is 0 Å². The van der Waals surface area contributed by atoms with Crippen LogP contribution in [0.5, 0.6) is 11.5 Å². The third-order valence-electron chi connectivity index (χ3n) is 4.21. The van der Waals surface area contributed by atoms with Crippen molar-refractivity contribution in [3.63, 3.8) is 0 Å². The van der Waals surface area contributed by atoms with Crippen molar-refractivity contribution in [2.45, 2.75) is 6.92 Å². The van der Waals surface area contributed by atoms with Crippen LogP contribution in [-0.2, 0) is 4.79 Å². The summed E-state index contributed by atoms with van der Waals surface area (Å²) >= 11 is 0. The van der Waals surface area contributed by atoms with Crippen molar-refractivity contribution in [1.82, 2.24) is 0 Å². The summed E-state index contributed by atoms with van der Waals surface area (Å²) in [7, 11) is 0. The molecule has 1 amide bonds. The fraction of sp³-hybridized carbons (Fsp3) is 0.0435. The van der Waals surface area contributed by atoms with E-state index in [1.165, 1.54) is 18.2 Å². The molecule has 3 aromatic carbocycles. The van der Waals surface area contributed by atoms with Crippen LogP contribution in [0.25, 0.3) is 6.08 Å². The number of nitro benzene ring substituents is 1. The third kappa shape index (κ3) is 5.30. The fourth-order valence-corrected chi connectivity index (χ4v) is 2.63. The van der Waals surface area contributed by atoms with Crippen LogP contribution in [0.3, 0.4) is 0 Å². The standard InChI is InChI=1S/C23H17N3O4/c1-16-14-21(30-20-9-4-18(15-24)5-10-20)11-12-22(16)25-23(27)13-6-17-2-7-19(8-3-17)26(28)29/h2-14H,1H3,(H,25,27). The number of nitrogens with one attached hydrogen (secondary N) is 1. The van der Waals surface area contributed by atoms with Gasteiger partial charge in [0.1, 0.15) is 11.5 Å². The van der Waals surface area contributed by atoms with E-state index in [1.807, 2.05) is 6.92 Å². The molecule has 1 N–H and O–H groups in total. The summed E-state index contributed by atoms with van der Waals surface area (Å²) in [6, 6.07) is 20.0. The van der Waals surface area contributed by atoms with Crippen LogP contribution < -0.4 is 10.1 Å². The maximum Gasteiger partial charge on any atom is 0.269 e. The molecule has 0 unspecified atom stereocenters. The molecule has 30 heavy (non-hydrogen) atoms. The predicted molar refractivity (Wildman–Crippen MR) is 113 cm³/mol. The van der Waals surface area contributed by atoms with Crippen LogP contribution in [0, 0.1) is 28.4 Å². The van der Waals surface area contributed by atoms with E-state index in [0.29, 0.717) is 28.3 Å². The van der Waals surface area contributed by atoms with Gasteiger partial charge < -0.3 is 10.1 Å². The number of carbonyl (C=O) groups excluding carboxylic acids is 1. The van der Waals surface area contributed by atoms with Gasteiger partial charge in [0, 0.05) is 23.9 Å². The number of aryl methyl sites for hydroxylation is 1. The third-order valence-corrected chi connectivity index (χ3v) is 4.21. The normalized spacial score (nSPS) is 10.4. The molecule has 0 radical (unpaired) electrons. The van der Waals surface area contributed by atoms with Crippen molar-refractivity contribution in [2.75, 3.05) is 5.32 Å². The second-order valence-corrected chi connectivity index (χ2v) is 6.39. The topological polar surface area (TPSA) is 105 Å². The van der Waals surface area contributed by atoms with Crippen molar-refractivity contribution in [3.8, 4) is 17.6 Å². The molecule has 3 aromatic rings. The summed E-state index contributed by atoms with van der Waals surface area (Å²) < 4.78 is 5.77. The summed E-state index contributed by atoms with van der Waals surface area (Å²) in [5.74, 6) is 0.894. The molecule has 0 aliphatic heterocycles. The van der Waals surface area contributed by atoms with Gasteiger partial charge in [-0.2, -0.15) is 5.26 Å². The van der Waals surface area contributed by atoms with Gasteiger partial charge in [0.25, 0.3) is 5.69 Å². The Kier molecular flexibility index (Phi) is 6.20. The molecule has 0 saturated carbocycles. The number of carbonyl (C=O) groups is 1. The number of amides is 1. The summed E-state index contributed by atoms with van der Waals surface area (Å²) in [5, 5.41) is 22.3. The van der Waals surface area contributed by atoms with E-state index >= 15 is 0 Å². The Balaban J connectivity index is 1.62. The molecule has 0 aliphatic rings. The minimum atomic E-state index is -0.474. The Morgan fingerprint density at radius 2 is 1.73 bits per heavy atom. The first-order valence-electron chi connectivity index (χ1n) is 8.97. The van der Waals surface area contributed by atoms with Crippen molar-refractivity contribution < 1.29 is 14.5 Å². The van der Waals surface area contributed by atoms with Crippen LogP contribution in [-0.4, -0.2) is 10.8 Å². The van der Waals surface area contributed by atoms with E-state index in [2.05, 4.69) is 11.4 Å². The zero-order chi connectivity index (χ0) is 21.5. The van der Waals surface area contributed by atoms with Gasteiger partial charge in [-0.05, 0) is 78.7 Å². The molecular weight excluding hydrogens is 382 g/mol. The first-order chi connectivity index (χ1) is 14.4. The quantitative estimate of drug-likeness (QED) is 0.348. The Hall–Kier alpha value is -4.44. The Labute approximate surface area is 173 Å². The first kappa shape index (κ1) is 20.3. The zero-order valence-corrected chi connectivity index (χ0v) is 16.0. The van der Waals surface area contributed by atoms with Gasteiger partial charge in [0.15, 0.2) is 0 Å². The number of nitro groups is 1. The molecule has 0 aromatic heterocycles. The monoisotopic (exact) mass is 399 g/mol. The maximum atomic E-state index is 12.2. The molecule has 0 heterocycles. The summed E-state index contributed by atoms with van der Waals surface area (Å²) in [4.78, 5) is 22.4. The molecule has 7 heteroatoms. The highest BCUT2D eigenvalue weighted by Crippen LogP contribution is 2.26. The lowest BCUT2D eigenvalue weighted by atomic mass is 10.1. The number of hydrogen-bond acceptors (Lipinski definition) is 5. The van der Waals surface area contributed by atoms with Gasteiger partial charge in [0.2, 0.25) is 5.91 Å². The molecule has 148 valence electrons. The second kappa shape index (κ2) is 9.17. The van der Waals surface area contributed by atoms with E-state index < -0.39 is 4.92 Å². The Bertz CT molecular complexity index is 1140. The van der Waals surface area contributed by atoms with Gasteiger partial charge in [-0.3, -0.25) is 14.9 Å². The van der Waals surface area contributed by atoms with Crippen LogP contribution in [0.1, 0.15) is 16.7 Å². The SMILES string of the molecule is Cc1cc(Oc2ccc(C#N)cc2)ccc1NC(=O)C=Cc1ccc([N+](=O)[O-])cc1. The largest absolute Gasteiger partial charge is 0.457 e. The maximum absolute atomic E-state index is 12.2. The second-order valence-electron chi connectivity index (χ2n) is 6.39. The molecule has 3 rings (SSSR count). The molecule has 0 bridgehead atoms. The van der Waals surface area contributed by atoms with Crippen molar-refractivity contribution in [2.24, 2.45) is 0 Å². The van der Waals surface area contributed by atoms with E-state index in [0.717, 1.165) is 5.56 Å².